The first-order valence-electron chi connectivity index (χ1n) is 4.50. The second kappa shape index (κ2) is 5.98. The minimum atomic E-state index is -3.35. The molecule has 5 nitrogen and oxygen atoms in total. The Labute approximate surface area is 84.9 Å². The fourth-order valence-corrected chi connectivity index (χ4v) is 2.31. The maximum absolute atomic E-state index is 11.3. The summed E-state index contributed by atoms with van der Waals surface area (Å²) in [5.41, 5.74) is 0. The van der Waals surface area contributed by atoms with Crippen molar-refractivity contribution in [2.24, 2.45) is 0 Å². The molecule has 0 heterocycles. The quantitative estimate of drug-likeness (QED) is 0.656. The summed E-state index contributed by atoms with van der Waals surface area (Å²) < 4.78 is 29.2. The number of sulfonamides is 1. The Morgan fingerprint density at radius 1 is 1.50 bits per heavy atom. The first-order chi connectivity index (χ1) is 6.43. The van der Waals surface area contributed by atoms with E-state index in [-0.39, 0.29) is 5.75 Å². The van der Waals surface area contributed by atoms with E-state index >= 15 is 0 Å². The van der Waals surface area contributed by atoms with E-state index in [9.17, 15) is 13.2 Å². The summed E-state index contributed by atoms with van der Waals surface area (Å²) in [5, 5.41) is 0. The molecule has 0 aromatic carbocycles. The van der Waals surface area contributed by atoms with Crippen molar-refractivity contribution in [3.8, 4) is 0 Å². The van der Waals surface area contributed by atoms with E-state index in [0.717, 1.165) is 6.42 Å². The van der Waals surface area contributed by atoms with Crippen molar-refractivity contribution in [2.45, 2.75) is 32.7 Å². The molecular weight excluding hydrogens is 206 g/mol. The lowest BCUT2D eigenvalue weighted by molar-refractivity contribution is -0.142. The zero-order valence-electron chi connectivity index (χ0n) is 8.74. The highest BCUT2D eigenvalue weighted by atomic mass is 32.2. The van der Waals surface area contributed by atoms with Crippen LogP contribution in [0.1, 0.15) is 26.7 Å². The predicted molar refractivity (Wildman–Crippen MR) is 53.3 cm³/mol. The van der Waals surface area contributed by atoms with Gasteiger partial charge in [-0.05, 0) is 13.3 Å². The van der Waals surface area contributed by atoms with Crippen molar-refractivity contribution in [3.63, 3.8) is 0 Å². The summed E-state index contributed by atoms with van der Waals surface area (Å²) in [6.07, 6.45) is 1.39. The number of unbranched alkanes of at least 4 members (excludes halogenated alkanes) is 1. The smallest absolute Gasteiger partial charge is 0.323 e. The number of carbonyl (C=O) groups is 1. The highest BCUT2D eigenvalue weighted by Crippen LogP contribution is 1.96. The largest absolute Gasteiger partial charge is 0.468 e. The second-order valence-electron chi connectivity index (χ2n) is 3.04. The van der Waals surface area contributed by atoms with Crippen molar-refractivity contribution in [3.05, 3.63) is 0 Å². The van der Waals surface area contributed by atoms with Crippen LogP contribution in [0.3, 0.4) is 0 Å². The zero-order chi connectivity index (χ0) is 11.2. The van der Waals surface area contributed by atoms with E-state index in [1.807, 2.05) is 6.92 Å². The maximum atomic E-state index is 11.3. The molecule has 1 unspecified atom stereocenters. The first kappa shape index (κ1) is 13.4. The lowest BCUT2D eigenvalue weighted by Crippen LogP contribution is -2.40. The van der Waals surface area contributed by atoms with Crippen LogP contribution in [0.5, 0.6) is 0 Å². The van der Waals surface area contributed by atoms with Gasteiger partial charge in [0.2, 0.25) is 10.0 Å². The Bertz CT molecular complexity index is 273. The van der Waals surface area contributed by atoms with Gasteiger partial charge in [0.15, 0.2) is 0 Å². The standard InChI is InChI=1S/C8H17NO4S/c1-4-5-6-14(11,12)9-7(2)8(10)13-3/h7,9H,4-6H2,1-3H3. The lowest BCUT2D eigenvalue weighted by atomic mass is 10.4. The van der Waals surface area contributed by atoms with Gasteiger partial charge in [-0.25, -0.2) is 13.1 Å². The molecule has 0 radical (unpaired) electrons. The summed E-state index contributed by atoms with van der Waals surface area (Å²) in [7, 11) is -2.13. The number of ether oxygens (including phenoxy) is 1. The van der Waals surface area contributed by atoms with Crippen molar-refractivity contribution >= 4 is 16.0 Å². The fraction of sp³-hybridized carbons (Fsp3) is 0.875. The SMILES string of the molecule is CCCCS(=O)(=O)NC(C)C(=O)OC. The number of esters is 1. The molecule has 84 valence electrons. The molecule has 0 aliphatic rings. The third-order valence-electron chi connectivity index (χ3n) is 1.68. The number of nitrogens with one attached hydrogen (secondary N) is 1. The van der Waals surface area contributed by atoms with Gasteiger partial charge in [-0.15, -0.1) is 0 Å². The molecule has 0 aromatic heterocycles. The summed E-state index contributed by atoms with van der Waals surface area (Å²) in [6.45, 7) is 3.36. The average molecular weight is 223 g/mol. The Balaban J connectivity index is 4.15. The van der Waals surface area contributed by atoms with Crippen LogP contribution in [-0.2, 0) is 19.6 Å². The molecule has 6 heteroatoms. The van der Waals surface area contributed by atoms with E-state index in [1.165, 1.54) is 14.0 Å². The van der Waals surface area contributed by atoms with Crippen LogP contribution in [0, 0.1) is 0 Å². The number of hydrogen-bond acceptors (Lipinski definition) is 4. The van der Waals surface area contributed by atoms with Gasteiger partial charge in [0.1, 0.15) is 6.04 Å². The maximum Gasteiger partial charge on any atom is 0.323 e. The van der Waals surface area contributed by atoms with E-state index in [2.05, 4.69) is 9.46 Å². The molecule has 0 aliphatic carbocycles. The third kappa shape index (κ3) is 5.18. The van der Waals surface area contributed by atoms with Crippen molar-refractivity contribution in [1.82, 2.24) is 4.72 Å². The minimum Gasteiger partial charge on any atom is -0.468 e. The van der Waals surface area contributed by atoms with E-state index < -0.39 is 22.0 Å². The molecule has 1 atom stereocenters. The van der Waals surface area contributed by atoms with Gasteiger partial charge in [0.25, 0.3) is 0 Å². The van der Waals surface area contributed by atoms with Crippen molar-refractivity contribution in [1.29, 1.82) is 0 Å². The molecule has 0 rings (SSSR count). The Morgan fingerprint density at radius 2 is 2.07 bits per heavy atom. The molecule has 0 amide bonds. The Hall–Kier alpha value is -0.620. The number of carbonyl (C=O) groups excluding carboxylic acids is 1. The molecule has 14 heavy (non-hydrogen) atoms. The summed E-state index contributed by atoms with van der Waals surface area (Å²) in [5.74, 6) is -0.532. The van der Waals surface area contributed by atoms with Gasteiger partial charge in [0, 0.05) is 0 Å². The molecule has 0 fully saturated rings. The minimum absolute atomic E-state index is 0.0465. The van der Waals surface area contributed by atoms with Crippen LogP contribution < -0.4 is 4.72 Å². The van der Waals surface area contributed by atoms with Gasteiger partial charge < -0.3 is 4.74 Å². The Morgan fingerprint density at radius 3 is 2.50 bits per heavy atom. The van der Waals surface area contributed by atoms with Gasteiger partial charge in [-0.3, -0.25) is 4.79 Å². The molecule has 0 bridgehead atoms. The highest BCUT2D eigenvalue weighted by Gasteiger charge is 2.19. The van der Waals surface area contributed by atoms with E-state index in [4.69, 9.17) is 0 Å². The lowest BCUT2D eigenvalue weighted by Gasteiger charge is -2.11. The monoisotopic (exact) mass is 223 g/mol. The van der Waals surface area contributed by atoms with Crippen LogP contribution in [-0.4, -0.2) is 33.3 Å². The third-order valence-corrected chi connectivity index (χ3v) is 3.22. The summed E-state index contributed by atoms with van der Waals surface area (Å²) >= 11 is 0. The van der Waals surface area contributed by atoms with E-state index in [1.54, 1.807) is 0 Å². The molecule has 0 aliphatic heterocycles. The van der Waals surface area contributed by atoms with Gasteiger partial charge in [-0.1, -0.05) is 13.3 Å². The molecular formula is C8H17NO4S. The van der Waals surface area contributed by atoms with Crippen LogP contribution in [0.2, 0.25) is 0 Å². The predicted octanol–water partition coefficient (Wildman–Crippen LogP) is 0.267. The normalized spacial score (nSPS) is 13.6. The number of rotatable bonds is 6. The van der Waals surface area contributed by atoms with Gasteiger partial charge in [0.05, 0.1) is 12.9 Å². The second-order valence-corrected chi connectivity index (χ2v) is 4.91. The molecule has 0 spiro atoms. The van der Waals surface area contributed by atoms with E-state index in [0.29, 0.717) is 6.42 Å². The van der Waals surface area contributed by atoms with Crippen molar-refractivity contribution in [2.75, 3.05) is 12.9 Å². The first-order valence-corrected chi connectivity index (χ1v) is 6.16. The highest BCUT2D eigenvalue weighted by molar-refractivity contribution is 7.89. The van der Waals surface area contributed by atoms with Crippen LogP contribution in [0.4, 0.5) is 0 Å². The number of hydrogen-bond donors (Lipinski definition) is 1. The summed E-state index contributed by atoms with van der Waals surface area (Å²) in [6, 6.07) is -0.818. The van der Waals surface area contributed by atoms with Gasteiger partial charge >= 0.3 is 5.97 Å². The van der Waals surface area contributed by atoms with Crippen LogP contribution in [0.15, 0.2) is 0 Å². The van der Waals surface area contributed by atoms with Crippen LogP contribution in [0.25, 0.3) is 0 Å². The van der Waals surface area contributed by atoms with Gasteiger partial charge in [-0.2, -0.15) is 0 Å². The van der Waals surface area contributed by atoms with Crippen molar-refractivity contribution < 1.29 is 17.9 Å². The number of methoxy groups -OCH3 is 1. The molecule has 0 aromatic rings. The van der Waals surface area contributed by atoms with Crippen LogP contribution >= 0.6 is 0 Å². The fourth-order valence-electron chi connectivity index (χ4n) is 0.888. The Kier molecular flexibility index (Phi) is 5.71. The molecule has 0 saturated heterocycles. The zero-order valence-corrected chi connectivity index (χ0v) is 9.56. The molecule has 1 N–H and O–H groups in total. The topological polar surface area (TPSA) is 72.5 Å². The summed E-state index contributed by atoms with van der Waals surface area (Å²) in [4.78, 5) is 10.9. The molecule has 0 saturated carbocycles. The average Bonchev–Trinajstić information content (AvgIpc) is 2.12.